The van der Waals surface area contributed by atoms with E-state index in [1.165, 1.54) is 38.0 Å². The fourth-order valence-electron chi connectivity index (χ4n) is 3.52. The van der Waals surface area contributed by atoms with E-state index in [4.69, 9.17) is 4.74 Å². The summed E-state index contributed by atoms with van der Waals surface area (Å²) in [6, 6.07) is 1.31. The van der Waals surface area contributed by atoms with E-state index in [0.717, 1.165) is 19.1 Å². The van der Waals surface area contributed by atoms with Crippen LogP contribution >= 0.6 is 0 Å². The van der Waals surface area contributed by atoms with Crippen LogP contribution in [-0.4, -0.2) is 60.1 Å². The van der Waals surface area contributed by atoms with Gasteiger partial charge in [-0.2, -0.15) is 5.10 Å². The normalized spacial score (nSPS) is 27.6. The second-order valence-electron chi connectivity index (χ2n) is 6.10. The van der Waals surface area contributed by atoms with Crippen molar-refractivity contribution in [2.45, 2.75) is 44.8 Å². The average Bonchev–Trinajstić information content (AvgIpc) is 2.93. The van der Waals surface area contributed by atoms with Gasteiger partial charge in [0.2, 0.25) is 0 Å². The Labute approximate surface area is 121 Å². The summed E-state index contributed by atoms with van der Waals surface area (Å²) in [7, 11) is 1.73. The number of methoxy groups -OCH3 is 1. The zero-order valence-electron chi connectivity index (χ0n) is 12.7. The molecule has 0 amide bonds. The molecule has 1 aromatic rings. The van der Waals surface area contributed by atoms with E-state index in [9.17, 15) is 0 Å². The molecule has 0 radical (unpaired) electrons. The first kappa shape index (κ1) is 13.9. The summed E-state index contributed by atoms with van der Waals surface area (Å²) < 4.78 is 7.10. The van der Waals surface area contributed by atoms with Crippen molar-refractivity contribution in [3.63, 3.8) is 0 Å². The Hall–Kier alpha value is -1.07. The summed E-state index contributed by atoms with van der Waals surface area (Å²) in [4.78, 5) is 5.21. The lowest BCUT2D eigenvalue weighted by molar-refractivity contribution is 0.115. The highest BCUT2D eigenvalue weighted by Gasteiger charge is 2.33. The van der Waals surface area contributed by atoms with Crippen LogP contribution in [0, 0.1) is 0 Å². The summed E-state index contributed by atoms with van der Waals surface area (Å²) in [5, 5.41) is 4.45. The molecular formula is C15H26N4O. The van der Waals surface area contributed by atoms with Crippen LogP contribution in [0.15, 0.2) is 12.4 Å². The smallest absolute Gasteiger partial charge is 0.0755 e. The van der Waals surface area contributed by atoms with Crippen molar-refractivity contribution in [3.05, 3.63) is 12.4 Å². The van der Waals surface area contributed by atoms with Crippen molar-refractivity contribution >= 4 is 5.69 Å². The van der Waals surface area contributed by atoms with Gasteiger partial charge < -0.3 is 9.64 Å². The molecule has 0 N–H and O–H groups in total. The summed E-state index contributed by atoms with van der Waals surface area (Å²) >= 11 is 0. The van der Waals surface area contributed by atoms with Crippen LogP contribution in [0.1, 0.15) is 26.2 Å². The average molecular weight is 278 g/mol. The van der Waals surface area contributed by atoms with Crippen LogP contribution < -0.4 is 4.90 Å². The number of hydrogen-bond donors (Lipinski definition) is 0. The van der Waals surface area contributed by atoms with E-state index in [2.05, 4.69) is 28.0 Å². The maximum absolute atomic E-state index is 5.11. The minimum Gasteiger partial charge on any atom is -0.383 e. The molecule has 2 unspecified atom stereocenters. The van der Waals surface area contributed by atoms with Crippen LogP contribution in [0.3, 0.4) is 0 Å². The number of nitrogens with zero attached hydrogens (tertiary/aromatic N) is 4. The molecule has 1 aromatic heterocycles. The van der Waals surface area contributed by atoms with Crippen molar-refractivity contribution in [2.24, 2.45) is 0 Å². The first-order chi connectivity index (χ1) is 9.78. The van der Waals surface area contributed by atoms with Gasteiger partial charge in [0.15, 0.2) is 0 Å². The van der Waals surface area contributed by atoms with Gasteiger partial charge in [-0.15, -0.1) is 0 Å². The van der Waals surface area contributed by atoms with E-state index < -0.39 is 0 Å². The highest BCUT2D eigenvalue weighted by Crippen LogP contribution is 2.27. The van der Waals surface area contributed by atoms with E-state index in [1.54, 1.807) is 7.11 Å². The molecule has 0 spiro atoms. The zero-order chi connectivity index (χ0) is 13.9. The van der Waals surface area contributed by atoms with Crippen molar-refractivity contribution in [2.75, 3.05) is 38.3 Å². The molecule has 3 rings (SSSR count). The Morgan fingerprint density at radius 2 is 2.25 bits per heavy atom. The lowest BCUT2D eigenvalue weighted by atomic mass is 9.97. The summed E-state index contributed by atoms with van der Waals surface area (Å²) in [5.41, 5.74) is 1.26. The second kappa shape index (κ2) is 6.14. The van der Waals surface area contributed by atoms with Gasteiger partial charge in [0, 0.05) is 38.5 Å². The fourth-order valence-corrected chi connectivity index (χ4v) is 3.52. The molecule has 2 fully saturated rings. The largest absolute Gasteiger partial charge is 0.383 e. The number of anilines is 1. The van der Waals surface area contributed by atoms with Gasteiger partial charge in [-0.25, -0.2) is 0 Å². The molecule has 0 bridgehead atoms. The molecule has 0 aliphatic carbocycles. The standard InChI is InChI=1S/C15H26N4O/c1-13-10-17-6-4-3-5-14(17)12-19(13)15-9-16-18(11-15)7-8-20-2/h9,11,13-14H,3-8,10,12H2,1-2H3. The number of rotatable bonds is 4. The lowest BCUT2D eigenvalue weighted by Gasteiger charge is -2.48. The Bertz CT molecular complexity index is 433. The van der Waals surface area contributed by atoms with Gasteiger partial charge in [0.1, 0.15) is 0 Å². The summed E-state index contributed by atoms with van der Waals surface area (Å²) in [6.07, 6.45) is 8.27. The molecule has 0 aromatic carbocycles. The number of piperazine rings is 1. The minimum atomic E-state index is 0.574. The lowest BCUT2D eigenvalue weighted by Crippen LogP contribution is -2.58. The number of ether oxygens (including phenoxy) is 1. The van der Waals surface area contributed by atoms with Gasteiger partial charge in [0.25, 0.3) is 0 Å². The van der Waals surface area contributed by atoms with Crippen molar-refractivity contribution in [1.29, 1.82) is 0 Å². The van der Waals surface area contributed by atoms with Crippen LogP contribution in [0.5, 0.6) is 0 Å². The third-order valence-electron chi connectivity index (χ3n) is 4.66. The number of fused-ring (bicyclic) bond motifs is 1. The highest BCUT2D eigenvalue weighted by atomic mass is 16.5. The Kier molecular flexibility index (Phi) is 4.27. The van der Waals surface area contributed by atoms with Crippen LogP contribution in [0.25, 0.3) is 0 Å². The van der Waals surface area contributed by atoms with Crippen LogP contribution in [0.2, 0.25) is 0 Å². The molecular weight excluding hydrogens is 252 g/mol. The van der Waals surface area contributed by atoms with Gasteiger partial charge in [-0.05, 0) is 26.3 Å². The molecule has 3 heterocycles. The Morgan fingerprint density at radius 3 is 3.10 bits per heavy atom. The van der Waals surface area contributed by atoms with Crippen molar-refractivity contribution in [1.82, 2.24) is 14.7 Å². The predicted octanol–water partition coefficient (Wildman–Crippen LogP) is 1.59. The molecule has 2 aliphatic rings. The molecule has 5 heteroatoms. The number of piperidine rings is 1. The molecule has 112 valence electrons. The SMILES string of the molecule is COCCn1cc(N2CC3CCCCN3CC2C)cn1. The molecule has 2 saturated heterocycles. The summed E-state index contributed by atoms with van der Waals surface area (Å²) in [5.74, 6) is 0. The highest BCUT2D eigenvalue weighted by molar-refractivity contribution is 5.44. The first-order valence-corrected chi connectivity index (χ1v) is 7.80. The molecule has 0 saturated carbocycles. The predicted molar refractivity (Wildman–Crippen MR) is 80.1 cm³/mol. The molecule has 5 nitrogen and oxygen atoms in total. The third kappa shape index (κ3) is 2.83. The fraction of sp³-hybridized carbons (Fsp3) is 0.800. The minimum absolute atomic E-state index is 0.574. The molecule has 20 heavy (non-hydrogen) atoms. The Morgan fingerprint density at radius 1 is 1.35 bits per heavy atom. The van der Waals surface area contributed by atoms with Crippen molar-refractivity contribution < 1.29 is 4.74 Å². The van der Waals surface area contributed by atoms with Crippen LogP contribution in [0.4, 0.5) is 5.69 Å². The maximum atomic E-state index is 5.11. The van der Waals surface area contributed by atoms with E-state index in [0.29, 0.717) is 12.6 Å². The van der Waals surface area contributed by atoms with Gasteiger partial charge in [0.05, 0.1) is 25.0 Å². The molecule has 2 aliphatic heterocycles. The number of aromatic nitrogens is 2. The molecule has 2 atom stereocenters. The van der Waals surface area contributed by atoms with E-state index in [-0.39, 0.29) is 0 Å². The van der Waals surface area contributed by atoms with E-state index >= 15 is 0 Å². The van der Waals surface area contributed by atoms with Gasteiger partial charge in [-0.3, -0.25) is 9.58 Å². The van der Waals surface area contributed by atoms with Gasteiger partial charge >= 0.3 is 0 Å². The first-order valence-electron chi connectivity index (χ1n) is 7.80. The van der Waals surface area contributed by atoms with Crippen LogP contribution in [-0.2, 0) is 11.3 Å². The van der Waals surface area contributed by atoms with E-state index in [1.807, 2.05) is 10.9 Å². The quantitative estimate of drug-likeness (QED) is 0.837. The number of hydrogen-bond acceptors (Lipinski definition) is 4. The van der Waals surface area contributed by atoms with Gasteiger partial charge in [-0.1, -0.05) is 6.42 Å². The summed E-state index contributed by atoms with van der Waals surface area (Å²) in [6.45, 7) is 7.50. The third-order valence-corrected chi connectivity index (χ3v) is 4.66. The zero-order valence-corrected chi connectivity index (χ0v) is 12.7. The van der Waals surface area contributed by atoms with Crippen molar-refractivity contribution in [3.8, 4) is 0 Å². The monoisotopic (exact) mass is 278 g/mol. The topological polar surface area (TPSA) is 33.5 Å². The maximum Gasteiger partial charge on any atom is 0.0755 e. The second-order valence-corrected chi connectivity index (χ2v) is 6.10. The Balaban J connectivity index is 1.67.